The van der Waals surface area contributed by atoms with Crippen molar-refractivity contribution in [1.82, 2.24) is 14.5 Å². The number of nitrogens with zero attached hydrogens (tertiary/aromatic N) is 3. The Kier molecular flexibility index (Phi) is 4.37. The largest absolute Gasteiger partial charge is 0.340 e. The van der Waals surface area contributed by atoms with Crippen LogP contribution in [-0.4, -0.2) is 27.4 Å². The molecular formula is C18H16FN3O2. The van der Waals surface area contributed by atoms with Crippen molar-refractivity contribution in [3.8, 4) is 0 Å². The van der Waals surface area contributed by atoms with E-state index in [2.05, 4.69) is 4.98 Å². The molecule has 3 rings (SSSR count). The Hall–Kier alpha value is -3.02. The first-order chi connectivity index (χ1) is 11.5. The van der Waals surface area contributed by atoms with Gasteiger partial charge in [0.25, 0.3) is 5.56 Å². The van der Waals surface area contributed by atoms with Crippen molar-refractivity contribution in [2.75, 3.05) is 7.05 Å². The second-order valence-electron chi connectivity index (χ2n) is 5.57. The molecule has 3 aromatic rings. The van der Waals surface area contributed by atoms with Gasteiger partial charge in [-0.1, -0.05) is 24.3 Å². The fraction of sp³-hybridized carbons (Fsp3) is 0.167. The second kappa shape index (κ2) is 6.62. The molecule has 0 bridgehead atoms. The van der Waals surface area contributed by atoms with E-state index in [0.29, 0.717) is 16.5 Å². The molecule has 0 radical (unpaired) electrons. The van der Waals surface area contributed by atoms with E-state index in [-0.39, 0.29) is 30.4 Å². The second-order valence-corrected chi connectivity index (χ2v) is 5.57. The predicted octanol–water partition coefficient (Wildman–Crippen LogP) is 2.19. The van der Waals surface area contributed by atoms with Crippen LogP contribution in [-0.2, 0) is 17.9 Å². The van der Waals surface area contributed by atoms with Gasteiger partial charge in [-0.15, -0.1) is 0 Å². The van der Waals surface area contributed by atoms with E-state index in [9.17, 15) is 14.0 Å². The van der Waals surface area contributed by atoms with Crippen LogP contribution in [0.2, 0.25) is 0 Å². The number of hydrogen-bond donors (Lipinski definition) is 0. The summed E-state index contributed by atoms with van der Waals surface area (Å²) in [6.07, 6.45) is 1.37. The highest BCUT2D eigenvalue weighted by atomic mass is 19.1. The Morgan fingerprint density at radius 3 is 2.79 bits per heavy atom. The smallest absolute Gasteiger partial charge is 0.261 e. The summed E-state index contributed by atoms with van der Waals surface area (Å²) in [6.45, 7) is 0.162. The highest BCUT2D eigenvalue weighted by Crippen LogP contribution is 2.08. The molecule has 6 heteroatoms. The molecule has 0 saturated carbocycles. The van der Waals surface area contributed by atoms with Gasteiger partial charge in [0.2, 0.25) is 5.91 Å². The molecule has 0 aliphatic heterocycles. The Morgan fingerprint density at radius 1 is 1.21 bits per heavy atom. The van der Waals surface area contributed by atoms with E-state index in [1.54, 1.807) is 43.4 Å². The standard InChI is InChI=1S/C18H16FN3O2/c1-21(10-13-5-4-6-14(19)9-13)17(23)11-22-12-20-16-8-3-2-7-15(16)18(22)24/h2-9,12H,10-11H2,1H3. The topological polar surface area (TPSA) is 55.2 Å². The molecule has 2 aromatic carbocycles. The molecule has 0 N–H and O–H groups in total. The quantitative estimate of drug-likeness (QED) is 0.739. The number of carbonyl (C=O) groups is 1. The number of aromatic nitrogens is 2. The van der Waals surface area contributed by atoms with Gasteiger partial charge in [0.15, 0.2) is 0 Å². The third-order valence-electron chi connectivity index (χ3n) is 3.77. The summed E-state index contributed by atoms with van der Waals surface area (Å²) < 4.78 is 14.5. The molecule has 0 fully saturated rings. The molecule has 0 aliphatic rings. The molecule has 5 nitrogen and oxygen atoms in total. The summed E-state index contributed by atoms with van der Waals surface area (Å²) in [7, 11) is 1.62. The van der Waals surface area contributed by atoms with Gasteiger partial charge >= 0.3 is 0 Å². The maximum Gasteiger partial charge on any atom is 0.261 e. The fourth-order valence-corrected chi connectivity index (χ4v) is 2.48. The Morgan fingerprint density at radius 2 is 2.00 bits per heavy atom. The maximum absolute atomic E-state index is 13.2. The Balaban J connectivity index is 1.77. The minimum absolute atomic E-state index is 0.109. The molecule has 0 spiro atoms. The molecule has 24 heavy (non-hydrogen) atoms. The fourth-order valence-electron chi connectivity index (χ4n) is 2.48. The van der Waals surface area contributed by atoms with Crippen molar-refractivity contribution in [2.24, 2.45) is 0 Å². The zero-order valence-electron chi connectivity index (χ0n) is 13.1. The lowest BCUT2D eigenvalue weighted by atomic mass is 10.2. The molecule has 0 saturated heterocycles. The summed E-state index contributed by atoms with van der Waals surface area (Å²) in [5.74, 6) is -0.596. The first-order valence-electron chi connectivity index (χ1n) is 7.47. The third kappa shape index (κ3) is 3.32. The maximum atomic E-state index is 13.2. The normalized spacial score (nSPS) is 10.8. The Labute approximate surface area is 138 Å². The predicted molar refractivity (Wildman–Crippen MR) is 88.9 cm³/mol. The summed E-state index contributed by atoms with van der Waals surface area (Å²) in [6, 6.07) is 13.1. The van der Waals surface area contributed by atoms with E-state index < -0.39 is 0 Å². The highest BCUT2D eigenvalue weighted by Gasteiger charge is 2.12. The van der Waals surface area contributed by atoms with Gasteiger partial charge in [-0.05, 0) is 29.8 Å². The van der Waals surface area contributed by atoms with Crippen LogP contribution in [0.25, 0.3) is 10.9 Å². The monoisotopic (exact) mass is 325 g/mol. The van der Waals surface area contributed by atoms with Gasteiger partial charge in [-0.2, -0.15) is 0 Å². The van der Waals surface area contributed by atoms with Gasteiger partial charge in [0.05, 0.1) is 17.2 Å². The van der Waals surface area contributed by atoms with Gasteiger partial charge in [0.1, 0.15) is 12.4 Å². The number of amides is 1. The molecule has 1 amide bonds. The van der Waals surface area contributed by atoms with Crippen molar-refractivity contribution in [3.63, 3.8) is 0 Å². The lowest BCUT2D eigenvalue weighted by Crippen LogP contribution is -2.33. The van der Waals surface area contributed by atoms with Crippen LogP contribution >= 0.6 is 0 Å². The number of benzene rings is 2. The number of likely N-dealkylation sites (N-methyl/N-ethyl adjacent to an activating group) is 1. The van der Waals surface area contributed by atoms with Gasteiger partial charge in [-0.25, -0.2) is 9.37 Å². The third-order valence-corrected chi connectivity index (χ3v) is 3.77. The van der Waals surface area contributed by atoms with Gasteiger partial charge in [-0.3, -0.25) is 14.2 Å². The number of fused-ring (bicyclic) bond motifs is 1. The van der Waals surface area contributed by atoms with Crippen LogP contribution in [0, 0.1) is 5.82 Å². The Bertz CT molecular complexity index is 952. The van der Waals surface area contributed by atoms with Crippen LogP contribution in [0.15, 0.2) is 59.7 Å². The van der Waals surface area contributed by atoms with E-state index in [1.807, 2.05) is 0 Å². The van der Waals surface area contributed by atoms with Crippen molar-refractivity contribution in [1.29, 1.82) is 0 Å². The number of carbonyl (C=O) groups excluding carboxylic acids is 1. The van der Waals surface area contributed by atoms with E-state index >= 15 is 0 Å². The lowest BCUT2D eigenvalue weighted by molar-refractivity contribution is -0.131. The van der Waals surface area contributed by atoms with Crippen LogP contribution < -0.4 is 5.56 Å². The zero-order chi connectivity index (χ0) is 17.1. The van der Waals surface area contributed by atoms with Crippen molar-refractivity contribution in [2.45, 2.75) is 13.1 Å². The molecule has 122 valence electrons. The van der Waals surface area contributed by atoms with E-state index in [1.165, 1.54) is 27.9 Å². The van der Waals surface area contributed by atoms with Crippen molar-refractivity contribution < 1.29 is 9.18 Å². The first kappa shape index (κ1) is 15.9. The van der Waals surface area contributed by atoms with Crippen molar-refractivity contribution in [3.05, 3.63) is 76.6 Å². The van der Waals surface area contributed by atoms with Gasteiger partial charge in [0, 0.05) is 13.6 Å². The number of hydrogen-bond acceptors (Lipinski definition) is 3. The van der Waals surface area contributed by atoms with Crippen LogP contribution in [0.4, 0.5) is 4.39 Å². The van der Waals surface area contributed by atoms with Crippen LogP contribution in [0.3, 0.4) is 0 Å². The number of halogens is 1. The molecule has 1 heterocycles. The number of para-hydroxylation sites is 1. The molecule has 0 aliphatic carbocycles. The molecular weight excluding hydrogens is 309 g/mol. The minimum atomic E-state index is -0.344. The van der Waals surface area contributed by atoms with Crippen molar-refractivity contribution >= 4 is 16.8 Å². The lowest BCUT2D eigenvalue weighted by Gasteiger charge is -2.18. The highest BCUT2D eigenvalue weighted by molar-refractivity contribution is 5.78. The van der Waals surface area contributed by atoms with Gasteiger partial charge < -0.3 is 4.90 Å². The summed E-state index contributed by atoms with van der Waals surface area (Å²) in [5, 5.41) is 0.473. The summed E-state index contributed by atoms with van der Waals surface area (Å²) >= 11 is 0. The SMILES string of the molecule is CN(Cc1cccc(F)c1)C(=O)Cn1cnc2ccccc2c1=O. The average molecular weight is 325 g/mol. The first-order valence-corrected chi connectivity index (χ1v) is 7.47. The summed E-state index contributed by atoms with van der Waals surface area (Å²) in [5.41, 5.74) is 1.03. The van der Waals surface area contributed by atoms with E-state index in [4.69, 9.17) is 0 Å². The average Bonchev–Trinajstić information content (AvgIpc) is 2.57. The minimum Gasteiger partial charge on any atom is -0.340 e. The zero-order valence-corrected chi connectivity index (χ0v) is 13.1. The van der Waals surface area contributed by atoms with E-state index in [0.717, 1.165) is 0 Å². The molecule has 1 aromatic heterocycles. The summed E-state index contributed by atoms with van der Waals surface area (Å²) in [4.78, 5) is 30.4. The number of rotatable bonds is 4. The van der Waals surface area contributed by atoms with Crippen LogP contribution in [0.5, 0.6) is 0 Å². The van der Waals surface area contributed by atoms with Crippen LogP contribution in [0.1, 0.15) is 5.56 Å². The molecule has 0 atom stereocenters. The molecule has 0 unspecified atom stereocenters.